The van der Waals surface area contributed by atoms with Crippen LogP contribution in [0.3, 0.4) is 0 Å². The zero-order chi connectivity index (χ0) is 28.7. The van der Waals surface area contributed by atoms with Gasteiger partial charge in [-0.25, -0.2) is 4.79 Å². The van der Waals surface area contributed by atoms with Crippen molar-refractivity contribution in [3.8, 4) is 12.3 Å². The summed E-state index contributed by atoms with van der Waals surface area (Å²) in [4.78, 5) is 12.5. The molecular formula is C34H48ClIO3S. The van der Waals surface area contributed by atoms with Gasteiger partial charge >= 0.3 is 5.97 Å². The van der Waals surface area contributed by atoms with Crippen molar-refractivity contribution in [3.63, 3.8) is 0 Å². The lowest BCUT2D eigenvalue weighted by Crippen LogP contribution is -2.19. The number of terminal acetylenes is 1. The summed E-state index contributed by atoms with van der Waals surface area (Å²) in [6, 6.07) is 3.59. The number of rotatable bonds is 8. The van der Waals surface area contributed by atoms with Crippen LogP contribution in [0.25, 0.3) is 0 Å². The smallest absolute Gasteiger partial charge is 0.345 e. The highest BCUT2D eigenvalue weighted by molar-refractivity contribution is 14.1. The summed E-state index contributed by atoms with van der Waals surface area (Å²) >= 11 is 10.2. The first kappa shape index (κ1) is 33.7. The Kier molecular flexibility index (Phi) is 15.7. The van der Waals surface area contributed by atoms with Crippen molar-refractivity contribution in [2.75, 3.05) is 0 Å². The monoisotopic (exact) mass is 698 g/mol. The lowest BCUT2D eigenvalue weighted by molar-refractivity contribution is 0.0702. The van der Waals surface area contributed by atoms with Crippen LogP contribution in [-0.2, 0) is 6.42 Å². The first-order valence-electron chi connectivity index (χ1n) is 15.5. The molecule has 0 aliphatic heterocycles. The number of alkyl halides is 1. The van der Waals surface area contributed by atoms with E-state index in [1.807, 2.05) is 6.07 Å². The second-order valence-electron chi connectivity index (χ2n) is 12.0. The van der Waals surface area contributed by atoms with Crippen molar-refractivity contribution in [2.24, 2.45) is 29.6 Å². The molecule has 0 amide bonds. The molecule has 0 bridgehead atoms. The third-order valence-corrected chi connectivity index (χ3v) is 11.1. The molecule has 3 nitrogen and oxygen atoms in total. The second-order valence-corrected chi connectivity index (χ2v) is 14.4. The normalized spacial score (nSPS) is 27.6. The Morgan fingerprint density at radius 2 is 1.60 bits per heavy atom. The Balaban J connectivity index is 0.000000238. The number of aryl methyl sites for hydroxylation is 1. The number of allylic oxidation sites excluding steroid dienone is 2. The number of halogens is 2. The number of carboxylic acids is 1. The standard InChI is InChI=1S/C20H27ClO3S.C7H11I.C7H10/c21-17-12-18(22)16(10-8-13-4-1-2-5-13)15(17)7-3-6-14-9-11-19(25-14)20(23)24;8-6-5-7-3-1-2-4-7;1-2-7-5-3-4-6-7/h8-11,13,15-18,22H,1-7,12H2,(H,23,24);5-7H,1-4H2;1,7H,3-6H2/b;6-5+;/t15-,16-,17-,18-;;/m1../s1. The fraction of sp³-hybridized carbons (Fsp3) is 0.676. The zero-order valence-corrected chi connectivity index (χ0v) is 27.6. The third kappa shape index (κ3) is 11.5. The Labute approximate surface area is 265 Å². The molecule has 4 fully saturated rings. The van der Waals surface area contributed by atoms with Crippen molar-refractivity contribution in [1.82, 2.24) is 0 Å². The first-order chi connectivity index (χ1) is 19.4. The summed E-state index contributed by atoms with van der Waals surface area (Å²) < 4.78 is 2.15. The molecule has 0 radical (unpaired) electrons. The number of thiophene rings is 1. The fourth-order valence-electron chi connectivity index (χ4n) is 6.65. The molecule has 0 unspecified atom stereocenters. The number of carbonyl (C=O) groups is 1. The lowest BCUT2D eigenvalue weighted by Gasteiger charge is -2.21. The molecule has 4 aliphatic carbocycles. The molecule has 1 aromatic heterocycles. The predicted molar refractivity (Wildman–Crippen MR) is 178 cm³/mol. The number of aliphatic hydroxyl groups excluding tert-OH is 1. The summed E-state index contributed by atoms with van der Waals surface area (Å²) in [5.74, 6) is 4.62. The van der Waals surface area contributed by atoms with E-state index < -0.39 is 5.97 Å². The van der Waals surface area contributed by atoms with Crippen LogP contribution in [0.15, 0.2) is 34.4 Å². The predicted octanol–water partition coefficient (Wildman–Crippen LogP) is 10.1. The van der Waals surface area contributed by atoms with Gasteiger partial charge in [-0.15, -0.1) is 35.3 Å². The highest BCUT2D eigenvalue weighted by Crippen LogP contribution is 2.41. The van der Waals surface area contributed by atoms with Crippen molar-refractivity contribution >= 4 is 51.5 Å². The minimum atomic E-state index is -0.854. The van der Waals surface area contributed by atoms with Gasteiger partial charge in [0.2, 0.25) is 0 Å². The molecule has 0 spiro atoms. The van der Waals surface area contributed by atoms with E-state index in [2.05, 4.69) is 50.8 Å². The van der Waals surface area contributed by atoms with Crippen LogP contribution in [0.5, 0.6) is 0 Å². The molecule has 6 heteroatoms. The average molecular weight is 699 g/mol. The van der Waals surface area contributed by atoms with Gasteiger partial charge in [0.25, 0.3) is 0 Å². The van der Waals surface area contributed by atoms with Gasteiger partial charge in [-0.2, -0.15) is 0 Å². The van der Waals surface area contributed by atoms with Gasteiger partial charge in [0, 0.05) is 22.1 Å². The Bertz CT molecular complexity index is 964. The maximum absolute atomic E-state index is 11.0. The summed E-state index contributed by atoms with van der Waals surface area (Å²) in [6.45, 7) is 0. The van der Waals surface area contributed by atoms with E-state index >= 15 is 0 Å². The quantitative estimate of drug-likeness (QED) is 0.123. The number of carboxylic acid groups (broad SMARTS) is 1. The molecule has 40 heavy (non-hydrogen) atoms. The largest absolute Gasteiger partial charge is 0.477 e. The number of hydrogen-bond donors (Lipinski definition) is 2. The highest BCUT2D eigenvalue weighted by atomic mass is 127. The van der Waals surface area contributed by atoms with Crippen molar-refractivity contribution in [2.45, 2.75) is 114 Å². The van der Waals surface area contributed by atoms with E-state index in [9.17, 15) is 9.90 Å². The van der Waals surface area contributed by atoms with Gasteiger partial charge in [0.05, 0.1) is 6.10 Å². The molecule has 2 N–H and O–H groups in total. The molecular weight excluding hydrogens is 651 g/mol. The SMILES string of the molecule is C#CC1CCCC1.I/C=C/C1CCCC1.O=C(O)c1ccc(CCC[C@@H]2[C@@H](C=CC3CCCC3)[C@H](O)C[C@H]2Cl)s1. The van der Waals surface area contributed by atoms with Gasteiger partial charge < -0.3 is 10.2 Å². The van der Waals surface area contributed by atoms with E-state index in [0.29, 0.717) is 29.1 Å². The Morgan fingerprint density at radius 1 is 1.00 bits per heavy atom. The zero-order valence-electron chi connectivity index (χ0n) is 23.9. The van der Waals surface area contributed by atoms with Gasteiger partial charge in [-0.05, 0) is 98.2 Å². The number of aliphatic hydroxyl groups is 1. The number of hydrogen-bond acceptors (Lipinski definition) is 3. The van der Waals surface area contributed by atoms with Crippen LogP contribution in [0.4, 0.5) is 0 Å². The maximum Gasteiger partial charge on any atom is 0.345 e. The molecule has 0 saturated heterocycles. The van der Waals surface area contributed by atoms with Gasteiger partial charge in [0.15, 0.2) is 0 Å². The molecule has 5 rings (SSSR count). The van der Waals surface area contributed by atoms with Gasteiger partial charge in [-0.3, -0.25) is 0 Å². The van der Waals surface area contributed by atoms with Crippen LogP contribution >= 0.6 is 45.5 Å². The van der Waals surface area contributed by atoms with Crippen molar-refractivity contribution in [1.29, 1.82) is 0 Å². The topological polar surface area (TPSA) is 57.5 Å². The van der Waals surface area contributed by atoms with Crippen LogP contribution in [0.1, 0.15) is 111 Å². The second kappa shape index (κ2) is 18.7. The van der Waals surface area contributed by atoms with Crippen molar-refractivity contribution in [3.05, 3.63) is 44.2 Å². The van der Waals surface area contributed by atoms with E-state index in [4.69, 9.17) is 23.1 Å². The lowest BCUT2D eigenvalue weighted by atomic mass is 9.88. The minimum absolute atomic E-state index is 0.0335. The van der Waals surface area contributed by atoms with E-state index in [1.165, 1.54) is 88.4 Å². The summed E-state index contributed by atoms with van der Waals surface area (Å²) in [6.07, 6.45) is 31.5. The molecule has 0 aromatic carbocycles. The van der Waals surface area contributed by atoms with Crippen LogP contribution in [0.2, 0.25) is 0 Å². The number of aromatic carboxylic acids is 1. The maximum atomic E-state index is 11.0. The fourth-order valence-corrected chi connectivity index (χ4v) is 8.61. The molecule has 1 heterocycles. The summed E-state index contributed by atoms with van der Waals surface area (Å²) in [7, 11) is 0. The average Bonchev–Trinajstić information content (AvgIpc) is 3.78. The van der Waals surface area contributed by atoms with Crippen LogP contribution in [-0.4, -0.2) is 27.7 Å². The van der Waals surface area contributed by atoms with E-state index in [1.54, 1.807) is 6.07 Å². The minimum Gasteiger partial charge on any atom is -0.477 e. The van der Waals surface area contributed by atoms with Gasteiger partial charge in [-0.1, -0.05) is 79.3 Å². The molecule has 1 aromatic rings. The third-order valence-electron chi connectivity index (χ3n) is 9.04. The molecule has 4 atom stereocenters. The summed E-state index contributed by atoms with van der Waals surface area (Å²) in [5, 5.41) is 19.4. The summed E-state index contributed by atoms with van der Waals surface area (Å²) in [5.41, 5.74) is 0. The van der Waals surface area contributed by atoms with Crippen molar-refractivity contribution < 1.29 is 15.0 Å². The van der Waals surface area contributed by atoms with E-state index in [-0.39, 0.29) is 17.4 Å². The Hall–Kier alpha value is -0.810. The van der Waals surface area contributed by atoms with Crippen LogP contribution < -0.4 is 0 Å². The van der Waals surface area contributed by atoms with Gasteiger partial charge in [0.1, 0.15) is 4.88 Å². The Morgan fingerprint density at radius 3 is 2.12 bits per heavy atom. The first-order valence-corrected chi connectivity index (χ1v) is 18.0. The highest BCUT2D eigenvalue weighted by Gasteiger charge is 2.39. The molecule has 222 valence electrons. The molecule has 4 saturated carbocycles. The van der Waals surface area contributed by atoms with E-state index in [0.717, 1.165) is 30.1 Å². The van der Waals surface area contributed by atoms with Crippen LogP contribution in [0, 0.1) is 41.9 Å². The molecule has 4 aliphatic rings.